The lowest BCUT2D eigenvalue weighted by molar-refractivity contribution is -0.118. The van der Waals surface area contributed by atoms with E-state index in [4.69, 9.17) is 21.7 Å². The number of amides is 1. The number of hydrogen-bond donors (Lipinski definition) is 1. The van der Waals surface area contributed by atoms with Gasteiger partial charge in [-0.1, -0.05) is 37.3 Å². The van der Waals surface area contributed by atoms with Crippen molar-refractivity contribution in [2.75, 3.05) is 32.1 Å². The van der Waals surface area contributed by atoms with Crippen molar-refractivity contribution in [1.29, 1.82) is 0 Å². The predicted molar refractivity (Wildman–Crippen MR) is 137 cm³/mol. The molecular weight excluding hydrogens is 523 g/mol. The zero-order chi connectivity index (χ0) is 22.5. The first-order valence-electron chi connectivity index (χ1n) is 10.5. The topological polar surface area (TPSA) is 50.8 Å². The number of hydrogen-bond acceptors (Lipinski definition) is 4. The van der Waals surface area contributed by atoms with Gasteiger partial charge < -0.3 is 19.7 Å². The number of nitrogens with one attached hydrogen (secondary N) is 1. The third kappa shape index (κ3) is 5.88. The molecule has 0 aromatic heterocycles. The predicted octanol–water partition coefficient (Wildman–Crippen LogP) is 5.34. The highest BCUT2D eigenvalue weighted by molar-refractivity contribution is 14.1. The summed E-state index contributed by atoms with van der Waals surface area (Å²) in [5.74, 6) is 1.67. The minimum atomic E-state index is -0.211. The molecule has 0 aliphatic carbocycles. The Kier molecular flexibility index (Phi) is 8.16. The quantitative estimate of drug-likeness (QED) is 0.388. The molecule has 1 heterocycles. The van der Waals surface area contributed by atoms with E-state index in [9.17, 15) is 4.79 Å². The first-order chi connectivity index (χ1) is 14.8. The molecule has 2 aromatic carbocycles. The molecule has 2 aromatic rings. The van der Waals surface area contributed by atoms with Crippen molar-refractivity contribution in [2.45, 2.75) is 33.6 Å². The summed E-state index contributed by atoms with van der Waals surface area (Å²) in [5, 5.41) is 2.95. The molecule has 31 heavy (non-hydrogen) atoms. The molecule has 0 spiro atoms. The Labute approximate surface area is 203 Å². The van der Waals surface area contributed by atoms with Crippen molar-refractivity contribution < 1.29 is 14.3 Å². The molecule has 0 unspecified atom stereocenters. The Bertz CT molecular complexity index is 951. The number of ether oxygens (including phenoxy) is 2. The van der Waals surface area contributed by atoms with Gasteiger partial charge in [0.05, 0.1) is 10.7 Å². The number of thiocarbonyl (C=S) groups is 1. The van der Waals surface area contributed by atoms with Gasteiger partial charge in [0.15, 0.2) is 18.1 Å². The van der Waals surface area contributed by atoms with Crippen LogP contribution in [0, 0.1) is 23.3 Å². The number of carbonyl (C=O) groups excluding carboxylic acids is 1. The number of nitrogens with zero attached hydrogens (tertiary/aromatic N) is 1. The van der Waals surface area contributed by atoms with E-state index in [-0.39, 0.29) is 12.5 Å². The molecule has 0 bridgehead atoms. The summed E-state index contributed by atoms with van der Waals surface area (Å²) in [6.45, 7) is 8.09. The number of anilines is 1. The van der Waals surface area contributed by atoms with E-state index >= 15 is 0 Å². The highest BCUT2D eigenvalue weighted by Crippen LogP contribution is 2.35. The van der Waals surface area contributed by atoms with Gasteiger partial charge in [0.1, 0.15) is 4.99 Å². The number of methoxy groups -OCH3 is 1. The Morgan fingerprint density at radius 1 is 1.23 bits per heavy atom. The molecule has 3 rings (SSSR count). The van der Waals surface area contributed by atoms with Crippen LogP contribution in [0.25, 0.3) is 0 Å². The summed E-state index contributed by atoms with van der Waals surface area (Å²) in [6.07, 6.45) is 2.32. The molecule has 1 N–H and O–H groups in total. The van der Waals surface area contributed by atoms with E-state index in [1.165, 1.54) is 0 Å². The molecule has 0 atom stereocenters. The van der Waals surface area contributed by atoms with E-state index in [1.54, 1.807) is 7.11 Å². The molecule has 1 saturated heterocycles. The maximum absolute atomic E-state index is 12.5. The number of piperidine rings is 1. The van der Waals surface area contributed by atoms with E-state index in [1.807, 2.05) is 44.2 Å². The molecule has 0 saturated carbocycles. The second-order valence-corrected chi connectivity index (χ2v) is 9.62. The number of carbonyl (C=O) groups is 1. The highest BCUT2D eigenvalue weighted by atomic mass is 127. The zero-order valence-corrected chi connectivity index (χ0v) is 21.4. The second kappa shape index (κ2) is 10.6. The fraction of sp³-hybridized carbons (Fsp3) is 0.417. The van der Waals surface area contributed by atoms with Crippen molar-refractivity contribution in [3.8, 4) is 11.5 Å². The summed E-state index contributed by atoms with van der Waals surface area (Å²) in [7, 11) is 1.60. The lowest BCUT2D eigenvalue weighted by Gasteiger charge is -2.32. The molecule has 1 aliphatic rings. The fourth-order valence-corrected chi connectivity index (χ4v) is 4.76. The summed E-state index contributed by atoms with van der Waals surface area (Å²) in [6, 6.07) is 9.82. The van der Waals surface area contributed by atoms with Crippen LogP contribution in [0.15, 0.2) is 30.3 Å². The summed E-state index contributed by atoms with van der Waals surface area (Å²) >= 11 is 7.96. The molecule has 0 radical (unpaired) electrons. The summed E-state index contributed by atoms with van der Waals surface area (Å²) in [4.78, 5) is 15.6. The van der Waals surface area contributed by atoms with Crippen molar-refractivity contribution in [1.82, 2.24) is 4.90 Å². The fourth-order valence-electron chi connectivity index (χ4n) is 3.70. The molecule has 1 aliphatic heterocycles. The summed E-state index contributed by atoms with van der Waals surface area (Å²) < 4.78 is 12.3. The number of para-hydroxylation sites is 1. The Hall–Kier alpha value is -1.87. The third-order valence-corrected chi connectivity index (χ3v) is 6.94. The molecule has 5 nitrogen and oxygen atoms in total. The smallest absolute Gasteiger partial charge is 0.262 e. The van der Waals surface area contributed by atoms with Gasteiger partial charge in [0.2, 0.25) is 0 Å². The van der Waals surface area contributed by atoms with Gasteiger partial charge in [-0.3, -0.25) is 4.79 Å². The van der Waals surface area contributed by atoms with Gasteiger partial charge in [-0.25, -0.2) is 0 Å². The van der Waals surface area contributed by atoms with Crippen LogP contribution >= 0.6 is 34.8 Å². The highest BCUT2D eigenvalue weighted by Gasteiger charge is 2.21. The lowest BCUT2D eigenvalue weighted by atomic mass is 9.99. The first-order valence-corrected chi connectivity index (χ1v) is 11.9. The van der Waals surface area contributed by atoms with E-state index < -0.39 is 0 Å². The Balaban J connectivity index is 1.70. The van der Waals surface area contributed by atoms with Crippen LogP contribution in [0.1, 0.15) is 36.5 Å². The van der Waals surface area contributed by atoms with Crippen molar-refractivity contribution >= 4 is 51.4 Å². The van der Waals surface area contributed by atoms with Gasteiger partial charge in [-0.2, -0.15) is 0 Å². The van der Waals surface area contributed by atoms with Gasteiger partial charge in [-0.05, 0) is 78.5 Å². The van der Waals surface area contributed by atoms with Crippen molar-refractivity contribution in [3.05, 3.63) is 50.6 Å². The van der Waals surface area contributed by atoms with Crippen LogP contribution < -0.4 is 14.8 Å². The molecule has 7 heteroatoms. The normalized spacial score (nSPS) is 14.3. The largest absolute Gasteiger partial charge is 0.493 e. The van der Waals surface area contributed by atoms with Gasteiger partial charge in [-0.15, -0.1) is 0 Å². The average Bonchev–Trinajstić information content (AvgIpc) is 2.75. The number of aryl methyl sites for hydroxylation is 2. The van der Waals surface area contributed by atoms with Crippen molar-refractivity contribution in [3.63, 3.8) is 0 Å². The van der Waals surface area contributed by atoms with Crippen LogP contribution in [-0.2, 0) is 4.79 Å². The standard InChI is InChI=1S/C24H29IN2O3S/c1-15-8-10-27(11-9-15)24(31)18-12-19(25)23(20(13-18)29-4)30-14-21(28)26-22-16(2)6-5-7-17(22)3/h5-7,12-13,15H,8-11,14H2,1-4H3,(H,26,28). The van der Waals surface area contributed by atoms with Crippen LogP contribution in [0.3, 0.4) is 0 Å². The Morgan fingerprint density at radius 3 is 2.48 bits per heavy atom. The van der Waals surface area contributed by atoms with Crippen LogP contribution in [0.5, 0.6) is 11.5 Å². The molecule has 1 amide bonds. The van der Waals surface area contributed by atoms with Crippen LogP contribution in [-0.4, -0.2) is 42.6 Å². The SMILES string of the molecule is COc1cc(C(=S)N2CCC(C)CC2)cc(I)c1OCC(=O)Nc1c(C)cccc1C. The number of likely N-dealkylation sites (tertiary alicyclic amines) is 1. The molecule has 166 valence electrons. The van der Waals surface area contributed by atoms with Crippen molar-refractivity contribution in [2.24, 2.45) is 5.92 Å². The van der Waals surface area contributed by atoms with Gasteiger partial charge in [0.25, 0.3) is 5.91 Å². The van der Waals surface area contributed by atoms with E-state index in [0.29, 0.717) is 11.5 Å². The minimum Gasteiger partial charge on any atom is -0.493 e. The zero-order valence-electron chi connectivity index (χ0n) is 18.5. The van der Waals surface area contributed by atoms with E-state index in [2.05, 4.69) is 39.7 Å². The minimum absolute atomic E-state index is 0.103. The number of rotatable bonds is 6. The van der Waals surface area contributed by atoms with Crippen LogP contribution in [0.4, 0.5) is 5.69 Å². The maximum atomic E-state index is 12.5. The summed E-state index contributed by atoms with van der Waals surface area (Å²) in [5.41, 5.74) is 3.81. The van der Waals surface area contributed by atoms with Gasteiger partial charge >= 0.3 is 0 Å². The first kappa shape index (κ1) is 23.8. The average molecular weight is 552 g/mol. The number of benzene rings is 2. The molecular formula is C24H29IN2O3S. The van der Waals surface area contributed by atoms with Crippen LogP contribution in [0.2, 0.25) is 0 Å². The Morgan fingerprint density at radius 2 is 1.87 bits per heavy atom. The third-order valence-electron chi connectivity index (χ3n) is 5.64. The van der Waals surface area contributed by atoms with Gasteiger partial charge in [0, 0.05) is 24.3 Å². The number of halogens is 1. The monoisotopic (exact) mass is 552 g/mol. The molecule has 1 fully saturated rings. The lowest BCUT2D eigenvalue weighted by Crippen LogP contribution is -2.37. The second-order valence-electron chi connectivity index (χ2n) is 8.07. The maximum Gasteiger partial charge on any atom is 0.262 e. The van der Waals surface area contributed by atoms with E-state index in [0.717, 1.165) is 62.8 Å².